The molecule has 1 amide bonds. The fraction of sp³-hybridized carbons (Fsp3) is 0.414. The summed E-state index contributed by atoms with van der Waals surface area (Å²) < 4.78 is 7.93. The number of aromatic carboxylic acids is 1. The highest BCUT2D eigenvalue weighted by Gasteiger charge is 2.21. The maximum atomic E-state index is 12.7. The molecule has 1 heterocycles. The summed E-state index contributed by atoms with van der Waals surface area (Å²) in [6.45, 7) is 9.36. The van der Waals surface area contributed by atoms with E-state index in [1.54, 1.807) is 30.3 Å². The molecule has 3 rings (SSSR count). The van der Waals surface area contributed by atoms with E-state index in [1.807, 2.05) is 30.5 Å². The van der Waals surface area contributed by atoms with Crippen molar-refractivity contribution in [2.45, 2.75) is 65.3 Å². The second kappa shape index (κ2) is 13.7. The molecule has 1 unspecified atom stereocenters. The van der Waals surface area contributed by atoms with Crippen molar-refractivity contribution in [1.29, 1.82) is 0 Å². The minimum atomic E-state index is -0.993. The number of ether oxygens (including phenoxy) is 1. The molecule has 204 valence electrons. The van der Waals surface area contributed by atoms with Crippen LogP contribution < -0.4 is 10.1 Å². The molecule has 2 aromatic carbocycles. The van der Waals surface area contributed by atoms with Gasteiger partial charge in [0.1, 0.15) is 0 Å². The first-order chi connectivity index (χ1) is 18.2. The summed E-state index contributed by atoms with van der Waals surface area (Å²) in [6, 6.07) is 12.9. The number of aromatic nitrogens is 2. The number of amides is 1. The number of thiol groups is 1. The summed E-state index contributed by atoms with van der Waals surface area (Å²) >= 11 is 11.2. The van der Waals surface area contributed by atoms with Gasteiger partial charge in [0.15, 0.2) is 0 Å². The number of carbonyl (C=O) groups excluding carboxylic acids is 1. The lowest BCUT2D eigenvalue weighted by Gasteiger charge is -2.17. The number of halogens is 1. The molecule has 3 aromatic rings. The average Bonchev–Trinajstić information content (AvgIpc) is 3.22. The zero-order valence-corrected chi connectivity index (χ0v) is 24.0. The molecule has 2 N–H and O–H groups in total. The summed E-state index contributed by atoms with van der Waals surface area (Å²) in [5, 5.41) is 12.7. The normalized spacial score (nSPS) is 12.0. The minimum Gasteiger partial charge on any atom is -0.478 e. The van der Waals surface area contributed by atoms with Crippen LogP contribution in [-0.2, 0) is 24.3 Å². The van der Waals surface area contributed by atoms with Crippen LogP contribution in [0.4, 0.5) is 0 Å². The first-order valence-corrected chi connectivity index (χ1v) is 13.8. The second-order valence-electron chi connectivity index (χ2n) is 9.60. The maximum absolute atomic E-state index is 12.7. The fourth-order valence-electron chi connectivity index (χ4n) is 4.24. The number of nitrogens with zero attached hydrogens (tertiary/aromatic N) is 2. The number of carbonyl (C=O) groups is 2. The maximum Gasteiger partial charge on any atom is 0.336 e. The molecule has 9 heteroatoms. The van der Waals surface area contributed by atoms with Crippen molar-refractivity contribution in [3.63, 3.8) is 0 Å². The Morgan fingerprint density at radius 1 is 1.18 bits per heavy atom. The van der Waals surface area contributed by atoms with Gasteiger partial charge in [-0.15, -0.1) is 0 Å². The molecule has 0 saturated carbocycles. The van der Waals surface area contributed by atoms with Crippen molar-refractivity contribution >= 4 is 36.1 Å². The number of hydrogen-bond donors (Lipinski definition) is 3. The Labute approximate surface area is 235 Å². The van der Waals surface area contributed by atoms with E-state index in [-0.39, 0.29) is 16.7 Å². The van der Waals surface area contributed by atoms with Crippen LogP contribution in [0.2, 0.25) is 5.02 Å². The smallest absolute Gasteiger partial charge is 0.336 e. The van der Waals surface area contributed by atoms with Gasteiger partial charge in [-0.25, -0.2) is 4.79 Å². The number of aryl methyl sites for hydroxylation is 1. The molecule has 0 aliphatic rings. The van der Waals surface area contributed by atoms with Gasteiger partial charge in [0, 0.05) is 5.02 Å². The lowest BCUT2D eigenvalue weighted by Crippen LogP contribution is -2.32. The van der Waals surface area contributed by atoms with Crippen LogP contribution >= 0.6 is 24.2 Å². The largest absolute Gasteiger partial charge is 0.478 e. The van der Waals surface area contributed by atoms with Crippen LogP contribution in [0.1, 0.15) is 67.8 Å². The van der Waals surface area contributed by atoms with Gasteiger partial charge >= 0.3 is 5.97 Å². The highest BCUT2D eigenvalue weighted by molar-refractivity contribution is 7.81. The van der Waals surface area contributed by atoms with Crippen LogP contribution in [0.25, 0.3) is 11.1 Å². The third kappa shape index (κ3) is 7.32. The van der Waals surface area contributed by atoms with Gasteiger partial charge in [-0.05, 0) is 54.0 Å². The number of rotatable bonds is 13. The number of benzene rings is 2. The van der Waals surface area contributed by atoms with Crippen molar-refractivity contribution in [2.75, 3.05) is 6.61 Å². The SMILES string of the molecule is CCCOc1nc(CC)c(CNC(=O)C(S)CC(C)C)n1Cc1ccc(-c2ccccc2C(=O)O)cc1Cl. The van der Waals surface area contributed by atoms with Gasteiger partial charge in [-0.1, -0.05) is 69.6 Å². The van der Waals surface area contributed by atoms with Crippen LogP contribution in [-0.4, -0.2) is 38.4 Å². The molecule has 1 atom stereocenters. The van der Waals surface area contributed by atoms with E-state index in [0.717, 1.165) is 28.9 Å². The number of nitrogens with one attached hydrogen (secondary N) is 1. The standard InChI is InChI=1S/C29H36ClN3O4S/c1-5-13-37-29-32-24(6-2)25(16-31-27(34)26(38)14-18(3)4)33(29)17-20-12-11-19(15-23(20)30)21-9-7-8-10-22(21)28(35)36/h7-12,15,18,26,38H,5-6,13-14,16-17H2,1-4H3,(H,31,34)(H,35,36). The average molecular weight is 558 g/mol. The molecule has 0 saturated heterocycles. The molecule has 0 radical (unpaired) electrons. The predicted molar refractivity (Wildman–Crippen MR) is 154 cm³/mol. The zero-order valence-electron chi connectivity index (χ0n) is 22.3. The van der Waals surface area contributed by atoms with Gasteiger partial charge < -0.3 is 15.2 Å². The van der Waals surface area contributed by atoms with Crippen molar-refractivity contribution in [2.24, 2.45) is 5.92 Å². The Morgan fingerprint density at radius 3 is 2.55 bits per heavy atom. The molecule has 0 spiro atoms. The van der Waals surface area contributed by atoms with E-state index >= 15 is 0 Å². The number of hydrogen-bond acceptors (Lipinski definition) is 5. The molecule has 1 aromatic heterocycles. The molecular weight excluding hydrogens is 522 g/mol. The van der Waals surface area contributed by atoms with E-state index in [1.165, 1.54) is 0 Å². The fourth-order valence-corrected chi connectivity index (χ4v) is 4.99. The monoisotopic (exact) mass is 557 g/mol. The Bertz CT molecular complexity index is 1270. The predicted octanol–water partition coefficient (Wildman–Crippen LogP) is 6.26. The Kier molecular flexibility index (Phi) is 10.7. The minimum absolute atomic E-state index is 0.118. The molecular formula is C29H36ClN3O4S. The van der Waals surface area contributed by atoms with Crippen LogP contribution in [0.15, 0.2) is 42.5 Å². The lowest BCUT2D eigenvalue weighted by atomic mass is 9.98. The van der Waals surface area contributed by atoms with Crippen LogP contribution in [0.3, 0.4) is 0 Å². The number of carboxylic acids is 1. The Hall–Kier alpha value is -2.97. The quantitative estimate of drug-likeness (QED) is 0.216. The van der Waals surface area contributed by atoms with E-state index in [4.69, 9.17) is 21.3 Å². The van der Waals surface area contributed by atoms with E-state index in [2.05, 4.69) is 31.8 Å². The van der Waals surface area contributed by atoms with Crippen LogP contribution in [0.5, 0.6) is 6.01 Å². The van der Waals surface area contributed by atoms with Gasteiger partial charge in [0.25, 0.3) is 6.01 Å². The first-order valence-electron chi connectivity index (χ1n) is 12.9. The molecule has 0 bridgehead atoms. The molecule has 0 aliphatic carbocycles. The summed E-state index contributed by atoms with van der Waals surface area (Å²) in [6.07, 6.45) is 2.19. The second-order valence-corrected chi connectivity index (χ2v) is 10.6. The Balaban J connectivity index is 1.94. The zero-order chi connectivity index (χ0) is 27.8. The van der Waals surface area contributed by atoms with Gasteiger partial charge in [-0.2, -0.15) is 17.6 Å². The van der Waals surface area contributed by atoms with Crippen molar-refractivity contribution in [3.8, 4) is 17.1 Å². The topological polar surface area (TPSA) is 93.5 Å². The molecule has 38 heavy (non-hydrogen) atoms. The summed E-state index contributed by atoms with van der Waals surface area (Å²) in [7, 11) is 0. The van der Waals surface area contributed by atoms with Gasteiger partial charge in [-0.3, -0.25) is 9.36 Å². The molecule has 0 aliphatic heterocycles. The van der Waals surface area contributed by atoms with Crippen molar-refractivity contribution in [1.82, 2.24) is 14.9 Å². The van der Waals surface area contributed by atoms with E-state index < -0.39 is 5.97 Å². The highest BCUT2D eigenvalue weighted by atomic mass is 35.5. The summed E-state index contributed by atoms with van der Waals surface area (Å²) in [5.41, 5.74) is 4.06. The third-order valence-corrected chi connectivity index (χ3v) is 6.97. The molecule has 0 fully saturated rings. The third-order valence-electron chi connectivity index (χ3n) is 6.17. The van der Waals surface area contributed by atoms with Gasteiger partial charge in [0.05, 0.1) is 41.9 Å². The van der Waals surface area contributed by atoms with Gasteiger partial charge in [0.2, 0.25) is 5.91 Å². The first kappa shape index (κ1) is 29.6. The van der Waals surface area contributed by atoms with E-state index in [0.29, 0.717) is 55.1 Å². The number of imidazole rings is 1. The van der Waals surface area contributed by atoms with Crippen molar-refractivity contribution in [3.05, 3.63) is 70.0 Å². The van der Waals surface area contributed by atoms with Crippen molar-refractivity contribution < 1.29 is 19.4 Å². The van der Waals surface area contributed by atoms with E-state index in [9.17, 15) is 14.7 Å². The Morgan fingerprint density at radius 2 is 1.92 bits per heavy atom. The summed E-state index contributed by atoms with van der Waals surface area (Å²) in [5.74, 6) is -0.749. The lowest BCUT2D eigenvalue weighted by molar-refractivity contribution is -0.121. The van der Waals surface area contributed by atoms with Crippen LogP contribution in [0, 0.1) is 5.92 Å². The molecule has 7 nitrogen and oxygen atoms in total. The highest BCUT2D eigenvalue weighted by Crippen LogP contribution is 2.30. The number of carboxylic acid groups (broad SMARTS) is 1. The summed E-state index contributed by atoms with van der Waals surface area (Å²) in [4.78, 5) is 29.1.